The van der Waals surface area contributed by atoms with Gasteiger partial charge in [0, 0.05) is 11.2 Å². The zero-order valence-corrected chi connectivity index (χ0v) is 19.9. The third kappa shape index (κ3) is 4.41. The molecule has 7 nitrogen and oxygen atoms in total. The standard InChI is InChI=1S/C24H15Cl2N3O4S/c1-15-5-4-12-29-22(15)28-23(33-21-7-3-2-6-20(21)26)19(24(29)30)13-18(14-27)34(31,32)17-10-8-16(25)9-11-17/h2-13H,1H3. The van der Waals surface area contributed by atoms with Gasteiger partial charge in [0.15, 0.2) is 0 Å². The predicted octanol–water partition coefficient (Wildman–Crippen LogP) is 5.44. The number of fused-ring (bicyclic) bond motifs is 1. The summed E-state index contributed by atoms with van der Waals surface area (Å²) in [6.07, 6.45) is 2.45. The van der Waals surface area contributed by atoms with Crippen molar-refractivity contribution in [3.05, 3.63) is 103 Å². The van der Waals surface area contributed by atoms with Crippen LogP contribution in [-0.4, -0.2) is 17.8 Å². The van der Waals surface area contributed by atoms with Gasteiger partial charge in [0.2, 0.25) is 15.7 Å². The Morgan fingerprint density at radius 3 is 2.47 bits per heavy atom. The van der Waals surface area contributed by atoms with Crippen LogP contribution in [0.1, 0.15) is 11.1 Å². The van der Waals surface area contributed by atoms with Crippen LogP contribution in [0, 0.1) is 18.3 Å². The van der Waals surface area contributed by atoms with Crippen molar-refractivity contribution in [3.8, 4) is 17.7 Å². The van der Waals surface area contributed by atoms with Crippen LogP contribution in [0.25, 0.3) is 11.7 Å². The van der Waals surface area contributed by atoms with Crippen LogP contribution >= 0.6 is 23.2 Å². The maximum atomic E-state index is 13.4. The summed E-state index contributed by atoms with van der Waals surface area (Å²) in [6, 6.07) is 17.0. The number of rotatable bonds is 5. The number of para-hydroxylation sites is 1. The molecular formula is C24H15Cl2N3O4S. The van der Waals surface area contributed by atoms with E-state index in [9.17, 15) is 18.5 Å². The number of allylic oxidation sites excluding steroid dienone is 1. The van der Waals surface area contributed by atoms with Gasteiger partial charge in [0.25, 0.3) is 5.56 Å². The molecule has 34 heavy (non-hydrogen) atoms. The molecule has 0 amide bonds. The lowest BCUT2D eigenvalue weighted by atomic mass is 10.2. The summed E-state index contributed by atoms with van der Waals surface area (Å²) in [5.41, 5.74) is 0.158. The molecule has 0 radical (unpaired) electrons. The first kappa shape index (κ1) is 23.5. The van der Waals surface area contributed by atoms with E-state index in [0.29, 0.717) is 16.2 Å². The summed E-state index contributed by atoms with van der Waals surface area (Å²) in [5, 5.41) is 10.3. The van der Waals surface area contributed by atoms with Crippen LogP contribution in [0.2, 0.25) is 10.0 Å². The molecule has 2 heterocycles. The Morgan fingerprint density at radius 2 is 1.79 bits per heavy atom. The van der Waals surface area contributed by atoms with Crippen molar-refractivity contribution in [1.82, 2.24) is 9.38 Å². The number of halogens is 2. The van der Waals surface area contributed by atoms with Crippen molar-refractivity contribution in [2.24, 2.45) is 0 Å². The Kier molecular flexibility index (Phi) is 6.44. The van der Waals surface area contributed by atoms with E-state index in [4.69, 9.17) is 27.9 Å². The molecule has 4 rings (SSSR count). The van der Waals surface area contributed by atoms with Crippen LogP contribution in [0.3, 0.4) is 0 Å². The zero-order valence-electron chi connectivity index (χ0n) is 17.6. The van der Waals surface area contributed by atoms with Crippen LogP contribution in [0.4, 0.5) is 0 Å². The van der Waals surface area contributed by atoms with Gasteiger partial charge in [-0.15, -0.1) is 0 Å². The Balaban J connectivity index is 1.98. The molecule has 0 fully saturated rings. The number of ether oxygens (including phenoxy) is 1. The molecule has 0 aliphatic rings. The summed E-state index contributed by atoms with van der Waals surface area (Å²) in [5.74, 6) is 0.0224. The van der Waals surface area contributed by atoms with Gasteiger partial charge < -0.3 is 4.74 Å². The zero-order chi connectivity index (χ0) is 24.5. The smallest absolute Gasteiger partial charge is 0.269 e. The average Bonchev–Trinajstić information content (AvgIpc) is 2.81. The number of nitrogens with zero attached hydrogens (tertiary/aromatic N) is 3. The Hall–Kier alpha value is -3.64. The number of benzene rings is 2. The van der Waals surface area contributed by atoms with Crippen molar-refractivity contribution in [2.45, 2.75) is 11.8 Å². The van der Waals surface area contributed by atoms with Crippen LogP contribution < -0.4 is 10.3 Å². The molecule has 2 aromatic carbocycles. The fraction of sp³-hybridized carbons (Fsp3) is 0.0417. The molecule has 4 aromatic rings. The average molecular weight is 512 g/mol. The minimum atomic E-state index is -4.26. The van der Waals surface area contributed by atoms with E-state index in [1.54, 1.807) is 49.4 Å². The summed E-state index contributed by atoms with van der Waals surface area (Å²) >= 11 is 12.1. The van der Waals surface area contributed by atoms with Gasteiger partial charge in [-0.1, -0.05) is 41.4 Å². The minimum absolute atomic E-state index is 0.150. The molecule has 2 aromatic heterocycles. The molecule has 0 aliphatic carbocycles. The van der Waals surface area contributed by atoms with Crippen LogP contribution in [0.5, 0.6) is 11.6 Å². The second-order valence-corrected chi connectivity index (χ2v) is 9.89. The maximum Gasteiger partial charge on any atom is 0.269 e. The topological polar surface area (TPSA) is 102 Å². The summed E-state index contributed by atoms with van der Waals surface area (Å²) in [4.78, 5) is 17.0. The normalized spacial score (nSPS) is 11.9. The minimum Gasteiger partial charge on any atom is -0.437 e. The van der Waals surface area contributed by atoms with Crippen molar-refractivity contribution in [3.63, 3.8) is 0 Å². The first-order valence-electron chi connectivity index (χ1n) is 9.79. The number of hydrogen-bond acceptors (Lipinski definition) is 6. The third-order valence-corrected chi connectivity index (χ3v) is 7.14. The molecule has 0 spiro atoms. The number of hydrogen-bond donors (Lipinski definition) is 0. The summed E-state index contributed by atoms with van der Waals surface area (Å²) in [6.45, 7) is 1.77. The third-order valence-electron chi connectivity index (χ3n) is 4.89. The number of aromatic nitrogens is 2. The number of pyridine rings is 1. The van der Waals surface area contributed by atoms with Crippen molar-refractivity contribution < 1.29 is 13.2 Å². The summed E-state index contributed by atoms with van der Waals surface area (Å²) in [7, 11) is -4.26. The Morgan fingerprint density at radius 1 is 1.09 bits per heavy atom. The first-order chi connectivity index (χ1) is 16.2. The fourth-order valence-electron chi connectivity index (χ4n) is 3.17. The fourth-order valence-corrected chi connectivity index (χ4v) is 4.61. The van der Waals surface area contributed by atoms with E-state index in [-0.39, 0.29) is 27.1 Å². The second-order valence-electron chi connectivity index (χ2n) is 7.13. The van der Waals surface area contributed by atoms with Gasteiger partial charge in [-0.3, -0.25) is 9.20 Å². The monoisotopic (exact) mass is 511 g/mol. The number of nitriles is 1. The quantitative estimate of drug-likeness (QED) is 0.330. The number of sulfone groups is 1. The van der Waals surface area contributed by atoms with Gasteiger partial charge in [-0.2, -0.15) is 10.2 Å². The van der Waals surface area contributed by atoms with E-state index in [1.807, 2.05) is 0 Å². The lowest BCUT2D eigenvalue weighted by Crippen LogP contribution is -2.20. The van der Waals surface area contributed by atoms with Crippen molar-refractivity contribution >= 4 is 44.8 Å². The predicted molar refractivity (Wildman–Crippen MR) is 130 cm³/mol. The first-order valence-corrected chi connectivity index (χ1v) is 12.0. The van der Waals surface area contributed by atoms with Crippen LogP contribution in [0.15, 0.2) is 81.5 Å². The van der Waals surface area contributed by atoms with E-state index in [0.717, 1.165) is 6.08 Å². The highest BCUT2D eigenvalue weighted by Crippen LogP contribution is 2.31. The molecule has 170 valence electrons. The molecular weight excluding hydrogens is 497 g/mol. The highest BCUT2D eigenvalue weighted by molar-refractivity contribution is 7.95. The van der Waals surface area contributed by atoms with E-state index in [1.165, 1.54) is 34.9 Å². The second kappa shape index (κ2) is 9.31. The molecule has 0 N–H and O–H groups in total. The van der Waals surface area contributed by atoms with Gasteiger partial charge in [-0.25, -0.2) is 8.42 Å². The molecule has 0 unspecified atom stereocenters. The Bertz CT molecular complexity index is 1650. The van der Waals surface area contributed by atoms with Gasteiger partial charge >= 0.3 is 0 Å². The molecule has 0 atom stereocenters. The largest absolute Gasteiger partial charge is 0.437 e. The summed E-state index contributed by atoms with van der Waals surface area (Å²) < 4.78 is 33.3. The number of aryl methyl sites for hydroxylation is 1. The Labute approximate surface area is 205 Å². The molecule has 0 aliphatic heterocycles. The molecule has 0 saturated carbocycles. The van der Waals surface area contributed by atoms with Crippen molar-refractivity contribution in [1.29, 1.82) is 5.26 Å². The van der Waals surface area contributed by atoms with Gasteiger partial charge in [0.05, 0.1) is 9.92 Å². The van der Waals surface area contributed by atoms with Gasteiger partial charge in [-0.05, 0) is 61.0 Å². The highest BCUT2D eigenvalue weighted by atomic mass is 35.5. The van der Waals surface area contributed by atoms with Crippen molar-refractivity contribution in [2.75, 3.05) is 0 Å². The molecule has 10 heteroatoms. The SMILES string of the molecule is Cc1cccn2c(=O)c(C=C(C#N)S(=O)(=O)c3ccc(Cl)cc3)c(Oc3ccccc3Cl)nc12. The van der Waals surface area contributed by atoms with Gasteiger partial charge in [0.1, 0.15) is 27.9 Å². The molecule has 0 bridgehead atoms. The highest BCUT2D eigenvalue weighted by Gasteiger charge is 2.24. The molecule has 0 saturated heterocycles. The van der Waals surface area contributed by atoms with E-state index < -0.39 is 20.3 Å². The van der Waals surface area contributed by atoms with Crippen LogP contribution in [-0.2, 0) is 9.84 Å². The van der Waals surface area contributed by atoms with E-state index >= 15 is 0 Å². The maximum absolute atomic E-state index is 13.4. The lowest BCUT2D eigenvalue weighted by Gasteiger charge is -2.12. The lowest BCUT2D eigenvalue weighted by molar-refractivity contribution is 0.461. The van der Waals surface area contributed by atoms with E-state index in [2.05, 4.69) is 4.98 Å².